The third kappa shape index (κ3) is 4.35. The Hall–Kier alpha value is -2.30. The molecule has 0 bridgehead atoms. The fourth-order valence-electron chi connectivity index (χ4n) is 2.15. The first-order valence-electron chi connectivity index (χ1n) is 7.56. The van der Waals surface area contributed by atoms with Gasteiger partial charge in [-0.3, -0.25) is 9.48 Å². The normalized spacial score (nSPS) is 10.5. The number of hydrogen-bond donors (Lipinski definition) is 0. The highest BCUT2D eigenvalue weighted by molar-refractivity contribution is 5.94. The van der Waals surface area contributed by atoms with Crippen molar-refractivity contribution in [3.63, 3.8) is 0 Å². The zero-order valence-corrected chi connectivity index (χ0v) is 13.5. The molecule has 1 aromatic heterocycles. The molecule has 0 atom stereocenters. The van der Waals surface area contributed by atoms with Crippen LogP contribution >= 0.6 is 0 Å². The largest absolute Gasteiger partial charge is 0.494 e. The van der Waals surface area contributed by atoms with Gasteiger partial charge in [0.15, 0.2) is 0 Å². The van der Waals surface area contributed by atoms with Gasteiger partial charge < -0.3 is 9.64 Å². The summed E-state index contributed by atoms with van der Waals surface area (Å²) in [7, 11) is 3.66. The Bertz CT molecular complexity index is 605. The van der Waals surface area contributed by atoms with Crippen molar-refractivity contribution in [1.29, 1.82) is 0 Å². The Morgan fingerprint density at radius 2 is 2.05 bits per heavy atom. The number of hydrogen-bond acceptors (Lipinski definition) is 3. The van der Waals surface area contributed by atoms with Crippen molar-refractivity contribution in [1.82, 2.24) is 14.7 Å². The number of rotatable bonds is 7. The smallest absolute Gasteiger partial charge is 0.253 e. The van der Waals surface area contributed by atoms with Gasteiger partial charge in [0, 0.05) is 38.0 Å². The van der Waals surface area contributed by atoms with Gasteiger partial charge in [0.1, 0.15) is 5.75 Å². The summed E-state index contributed by atoms with van der Waals surface area (Å²) in [6, 6.07) is 7.31. The molecule has 0 saturated carbocycles. The van der Waals surface area contributed by atoms with Crippen LogP contribution < -0.4 is 4.74 Å². The SMILES string of the molecule is CCCCOc1ccc(C(=O)N(C)Cc2cnn(C)c2)cc1. The highest BCUT2D eigenvalue weighted by Crippen LogP contribution is 2.15. The van der Waals surface area contributed by atoms with Crippen LogP contribution in [0.1, 0.15) is 35.7 Å². The lowest BCUT2D eigenvalue weighted by atomic mass is 10.2. The highest BCUT2D eigenvalue weighted by atomic mass is 16.5. The predicted octanol–water partition coefficient (Wildman–Crippen LogP) is 2.87. The number of amides is 1. The van der Waals surface area contributed by atoms with Gasteiger partial charge in [0.25, 0.3) is 5.91 Å². The molecule has 0 fully saturated rings. The number of carbonyl (C=O) groups excluding carboxylic acids is 1. The quantitative estimate of drug-likeness (QED) is 0.739. The molecule has 5 heteroatoms. The van der Waals surface area contributed by atoms with E-state index >= 15 is 0 Å². The standard InChI is InChI=1S/C17H23N3O2/c1-4-5-10-22-16-8-6-15(7-9-16)17(21)19(2)12-14-11-18-20(3)13-14/h6-9,11,13H,4-5,10,12H2,1-3H3. The van der Waals surface area contributed by atoms with Gasteiger partial charge in [-0.25, -0.2) is 0 Å². The molecular weight excluding hydrogens is 278 g/mol. The van der Waals surface area contributed by atoms with Crippen LogP contribution in [-0.2, 0) is 13.6 Å². The molecule has 2 aromatic rings. The molecule has 0 radical (unpaired) electrons. The fraction of sp³-hybridized carbons (Fsp3) is 0.412. The second-order valence-electron chi connectivity index (χ2n) is 5.41. The van der Waals surface area contributed by atoms with Gasteiger partial charge in [-0.2, -0.15) is 5.10 Å². The maximum absolute atomic E-state index is 12.4. The molecule has 118 valence electrons. The minimum atomic E-state index is -0.0102. The molecule has 0 aliphatic rings. The summed E-state index contributed by atoms with van der Waals surface area (Å²) in [5.41, 5.74) is 1.67. The van der Waals surface area contributed by atoms with Crippen LogP contribution in [0.2, 0.25) is 0 Å². The first-order chi connectivity index (χ1) is 10.6. The lowest BCUT2D eigenvalue weighted by Crippen LogP contribution is -2.25. The van der Waals surface area contributed by atoms with Crippen LogP contribution in [0.15, 0.2) is 36.7 Å². The number of carbonyl (C=O) groups is 1. The number of benzene rings is 1. The summed E-state index contributed by atoms with van der Waals surface area (Å²) in [5.74, 6) is 0.795. The average molecular weight is 301 g/mol. The molecule has 22 heavy (non-hydrogen) atoms. The van der Waals surface area contributed by atoms with E-state index in [4.69, 9.17) is 4.74 Å². The number of aromatic nitrogens is 2. The molecule has 1 aromatic carbocycles. The Kier molecular flexibility index (Phi) is 5.58. The minimum Gasteiger partial charge on any atom is -0.494 e. The maximum atomic E-state index is 12.4. The van der Waals surface area contributed by atoms with Gasteiger partial charge in [0.05, 0.1) is 12.8 Å². The van der Waals surface area contributed by atoms with Gasteiger partial charge in [-0.15, -0.1) is 0 Å². The van der Waals surface area contributed by atoms with E-state index in [1.54, 1.807) is 22.8 Å². The number of ether oxygens (including phenoxy) is 1. The summed E-state index contributed by atoms with van der Waals surface area (Å²) in [4.78, 5) is 14.1. The van der Waals surface area contributed by atoms with Crippen LogP contribution in [0.25, 0.3) is 0 Å². The van der Waals surface area contributed by atoms with Gasteiger partial charge in [-0.05, 0) is 30.7 Å². The molecule has 0 N–H and O–H groups in total. The first-order valence-corrected chi connectivity index (χ1v) is 7.56. The summed E-state index contributed by atoms with van der Waals surface area (Å²) in [6.07, 6.45) is 5.83. The summed E-state index contributed by atoms with van der Waals surface area (Å²) >= 11 is 0. The number of nitrogens with zero attached hydrogens (tertiary/aromatic N) is 3. The topological polar surface area (TPSA) is 47.4 Å². The number of unbranched alkanes of at least 4 members (excludes halogenated alkanes) is 1. The molecule has 0 spiro atoms. The van der Waals surface area contributed by atoms with Gasteiger partial charge in [0.2, 0.25) is 0 Å². The third-order valence-electron chi connectivity index (χ3n) is 3.39. The Morgan fingerprint density at radius 3 is 2.64 bits per heavy atom. The van der Waals surface area contributed by atoms with Crippen molar-refractivity contribution in [3.05, 3.63) is 47.8 Å². The first kappa shape index (κ1) is 16.1. The van der Waals surface area contributed by atoms with E-state index in [-0.39, 0.29) is 5.91 Å². The van der Waals surface area contributed by atoms with Crippen molar-refractivity contribution in [2.75, 3.05) is 13.7 Å². The van der Waals surface area contributed by atoms with E-state index in [0.29, 0.717) is 18.7 Å². The van der Waals surface area contributed by atoms with Gasteiger partial charge >= 0.3 is 0 Å². The molecule has 0 saturated heterocycles. The molecule has 2 rings (SSSR count). The minimum absolute atomic E-state index is 0.0102. The third-order valence-corrected chi connectivity index (χ3v) is 3.39. The highest BCUT2D eigenvalue weighted by Gasteiger charge is 2.12. The molecular formula is C17H23N3O2. The van der Waals surface area contributed by atoms with Crippen LogP contribution in [0.4, 0.5) is 0 Å². The van der Waals surface area contributed by atoms with E-state index < -0.39 is 0 Å². The van der Waals surface area contributed by atoms with Crippen molar-refractivity contribution in [2.24, 2.45) is 7.05 Å². The van der Waals surface area contributed by atoms with Crippen molar-refractivity contribution < 1.29 is 9.53 Å². The Balaban J connectivity index is 1.93. The maximum Gasteiger partial charge on any atom is 0.253 e. The second-order valence-corrected chi connectivity index (χ2v) is 5.41. The van der Waals surface area contributed by atoms with Crippen LogP contribution in [0, 0.1) is 0 Å². The average Bonchev–Trinajstić information content (AvgIpc) is 2.92. The van der Waals surface area contributed by atoms with E-state index in [0.717, 1.165) is 24.2 Å². The summed E-state index contributed by atoms with van der Waals surface area (Å²) in [6.45, 7) is 3.38. The zero-order chi connectivity index (χ0) is 15.9. The Labute approximate surface area is 131 Å². The van der Waals surface area contributed by atoms with Crippen LogP contribution in [-0.4, -0.2) is 34.2 Å². The van der Waals surface area contributed by atoms with Crippen molar-refractivity contribution in [2.45, 2.75) is 26.3 Å². The van der Waals surface area contributed by atoms with E-state index in [2.05, 4.69) is 12.0 Å². The molecule has 0 unspecified atom stereocenters. The Morgan fingerprint density at radius 1 is 1.32 bits per heavy atom. The van der Waals surface area contributed by atoms with Crippen molar-refractivity contribution >= 4 is 5.91 Å². The lowest BCUT2D eigenvalue weighted by Gasteiger charge is -2.16. The number of aryl methyl sites for hydroxylation is 1. The molecule has 0 aliphatic heterocycles. The second kappa shape index (κ2) is 7.64. The van der Waals surface area contributed by atoms with E-state index in [1.807, 2.05) is 37.5 Å². The zero-order valence-electron chi connectivity index (χ0n) is 13.5. The molecule has 1 amide bonds. The fourth-order valence-corrected chi connectivity index (χ4v) is 2.15. The predicted molar refractivity (Wildman–Crippen MR) is 85.9 cm³/mol. The molecule has 0 aliphatic carbocycles. The van der Waals surface area contributed by atoms with Crippen LogP contribution in [0.5, 0.6) is 5.75 Å². The van der Waals surface area contributed by atoms with E-state index in [1.165, 1.54) is 0 Å². The van der Waals surface area contributed by atoms with Crippen molar-refractivity contribution in [3.8, 4) is 5.75 Å². The monoisotopic (exact) mass is 301 g/mol. The van der Waals surface area contributed by atoms with E-state index in [9.17, 15) is 4.79 Å². The molecule has 5 nitrogen and oxygen atoms in total. The summed E-state index contributed by atoms with van der Waals surface area (Å²) in [5, 5.41) is 4.11. The molecule has 1 heterocycles. The lowest BCUT2D eigenvalue weighted by molar-refractivity contribution is 0.0785. The van der Waals surface area contributed by atoms with Crippen LogP contribution in [0.3, 0.4) is 0 Å². The van der Waals surface area contributed by atoms with Gasteiger partial charge in [-0.1, -0.05) is 13.3 Å². The summed E-state index contributed by atoms with van der Waals surface area (Å²) < 4.78 is 7.34.